The summed E-state index contributed by atoms with van der Waals surface area (Å²) in [6.07, 6.45) is 4.32. The number of aliphatic imine (C=N–C) groups is 1. The number of hydrogen-bond donors (Lipinski definition) is 3. The second-order valence-electron chi connectivity index (χ2n) is 5.83. The molecule has 0 aliphatic heterocycles. The number of aromatic nitrogens is 1. The number of nitrogens with one attached hydrogen (secondary N) is 3. The van der Waals surface area contributed by atoms with Crippen LogP contribution in [0.3, 0.4) is 0 Å². The lowest BCUT2D eigenvalue weighted by molar-refractivity contribution is 0.765. The molecule has 0 amide bonds. The Kier molecular flexibility index (Phi) is 6.11. The van der Waals surface area contributed by atoms with E-state index in [0.717, 1.165) is 31.4 Å². The van der Waals surface area contributed by atoms with Crippen LogP contribution < -0.4 is 10.6 Å². The van der Waals surface area contributed by atoms with Crippen LogP contribution in [0.5, 0.6) is 0 Å². The van der Waals surface area contributed by atoms with Crippen molar-refractivity contribution in [3.05, 3.63) is 36.0 Å². The van der Waals surface area contributed by atoms with Crippen LogP contribution in [0.2, 0.25) is 0 Å². The average Bonchev–Trinajstić information content (AvgIpc) is 3.02. The van der Waals surface area contributed by atoms with Crippen molar-refractivity contribution in [2.45, 2.75) is 32.7 Å². The molecular weight excluding hydrogens is 387 g/mol. The first-order chi connectivity index (χ1) is 10.3. The van der Waals surface area contributed by atoms with Gasteiger partial charge < -0.3 is 15.6 Å². The summed E-state index contributed by atoms with van der Waals surface area (Å²) in [5.41, 5.74) is 2.54. The number of para-hydroxylation sites is 1. The maximum absolute atomic E-state index is 4.69. The SMILES string of the molecule is CCNC(=NCCc1c[nH]c2ccccc12)NC1CC1C.I. The normalized spacial score (nSPS) is 20.5. The van der Waals surface area contributed by atoms with Crippen LogP contribution in [0, 0.1) is 5.92 Å². The third kappa shape index (κ3) is 4.15. The summed E-state index contributed by atoms with van der Waals surface area (Å²) < 4.78 is 0. The molecule has 1 fully saturated rings. The Bertz CT molecular complexity index is 634. The molecule has 1 aliphatic carbocycles. The fourth-order valence-corrected chi connectivity index (χ4v) is 2.65. The lowest BCUT2D eigenvalue weighted by Gasteiger charge is -2.10. The van der Waals surface area contributed by atoms with E-state index in [2.05, 4.69) is 59.9 Å². The number of aromatic amines is 1. The highest BCUT2D eigenvalue weighted by molar-refractivity contribution is 14.0. The molecule has 0 radical (unpaired) electrons. The standard InChI is InChI=1S/C17H24N4.HI/c1-3-18-17(21-16-10-12(16)2)19-9-8-13-11-20-15-7-5-4-6-14(13)15;/h4-7,11-12,16,20H,3,8-10H2,1-2H3,(H2,18,19,21);1H. The van der Waals surface area contributed by atoms with Crippen molar-refractivity contribution in [3.8, 4) is 0 Å². The Hall–Kier alpha value is -1.24. The van der Waals surface area contributed by atoms with Crippen LogP contribution in [0.25, 0.3) is 10.9 Å². The second-order valence-corrected chi connectivity index (χ2v) is 5.83. The molecule has 5 heteroatoms. The van der Waals surface area contributed by atoms with Crippen molar-refractivity contribution >= 4 is 40.8 Å². The molecule has 3 rings (SSSR count). The van der Waals surface area contributed by atoms with Gasteiger partial charge in [-0.3, -0.25) is 4.99 Å². The van der Waals surface area contributed by atoms with Crippen LogP contribution in [-0.2, 0) is 6.42 Å². The summed E-state index contributed by atoms with van der Waals surface area (Å²) in [6.45, 7) is 6.08. The maximum Gasteiger partial charge on any atom is 0.191 e. The Balaban J connectivity index is 0.00000176. The van der Waals surface area contributed by atoms with Crippen molar-refractivity contribution < 1.29 is 0 Å². The molecule has 4 nitrogen and oxygen atoms in total. The van der Waals surface area contributed by atoms with Crippen molar-refractivity contribution in [2.75, 3.05) is 13.1 Å². The zero-order valence-corrected chi connectivity index (χ0v) is 15.6. The summed E-state index contributed by atoms with van der Waals surface area (Å²) in [5.74, 6) is 1.73. The van der Waals surface area contributed by atoms with Gasteiger partial charge in [0.25, 0.3) is 0 Å². The van der Waals surface area contributed by atoms with E-state index < -0.39 is 0 Å². The zero-order chi connectivity index (χ0) is 14.7. The first kappa shape index (κ1) is 17.1. The van der Waals surface area contributed by atoms with Crippen molar-refractivity contribution in [2.24, 2.45) is 10.9 Å². The minimum absolute atomic E-state index is 0. The van der Waals surface area contributed by atoms with Gasteiger partial charge in [0.05, 0.1) is 0 Å². The van der Waals surface area contributed by atoms with E-state index in [-0.39, 0.29) is 24.0 Å². The van der Waals surface area contributed by atoms with Gasteiger partial charge in [0.1, 0.15) is 0 Å². The lowest BCUT2D eigenvalue weighted by Crippen LogP contribution is -2.39. The maximum atomic E-state index is 4.69. The highest BCUT2D eigenvalue weighted by atomic mass is 127. The summed E-state index contributed by atoms with van der Waals surface area (Å²) in [6, 6.07) is 9.03. The number of hydrogen-bond acceptors (Lipinski definition) is 1. The monoisotopic (exact) mass is 412 g/mol. The van der Waals surface area contributed by atoms with E-state index in [0.29, 0.717) is 6.04 Å². The molecule has 1 heterocycles. The smallest absolute Gasteiger partial charge is 0.191 e. The highest BCUT2D eigenvalue weighted by Gasteiger charge is 2.33. The van der Waals surface area contributed by atoms with Gasteiger partial charge in [-0.15, -0.1) is 24.0 Å². The molecule has 1 aromatic heterocycles. The van der Waals surface area contributed by atoms with Gasteiger partial charge in [-0.2, -0.15) is 0 Å². The molecular formula is C17H25IN4. The Morgan fingerprint density at radius 1 is 1.36 bits per heavy atom. The van der Waals surface area contributed by atoms with Gasteiger partial charge in [-0.05, 0) is 37.3 Å². The molecule has 0 spiro atoms. The number of benzene rings is 1. The number of nitrogens with zero attached hydrogens (tertiary/aromatic N) is 1. The molecule has 1 aliphatic rings. The Morgan fingerprint density at radius 3 is 2.86 bits per heavy atom. The Labute approximate surface area is 149 Å². The van der Waals surface area contributed by atoms with Gasteiger partial charge in [-0.25, -0.2) is 0 Å². The van der Waals surface area contributed by atoms with Crippen molar-refractivity contribution in [3.63, 3.8) is 0 Å². The van der Waals surface area contributed by atoms with Crippen LogP contribution in [-0.4, -0.2) is 30.1 Å². The molecule has 0 saturated heterocycles. The summed E-state index contributed by atoms with van der Waals surface area (Å²) in [7, 11) is 0. The zero-order valence-electron chi connectivity index (χ0n) is 13.2. The summed E-state index contributed by atoms with van der Waals surface area (Å²) >= 11 is 0. The predicted octanol–water partition coefficient (Wildman–Crippen LogP) is 3.29. The average molecular weight is 412 g/mol. The summed E-state index contributed by atoms with van der Waals surface area (Å²) in [4.78, 5) is 8.01. The van der Waals surface area contributed by atoms with E-state index in [4.69, 9.17) is 4.99 Å². The predicted molar refractivity (Wildman–Crippen MR) is 104 cm³/mol. The number of fused-ring (bicyclic) bond motifs is 1. The molecule has 3 N–H and O–H groups in total. The molecule has 2 atom stereocenters. The fraction of sp³-hybridized carbons (Fsp3) is 0.471. The largest absolute Gasteiger partial charge is 0.361 e. The minimum Gasteiger partial charge on any atom is -0.361 e. The van der Waals surface area contributed by atoms with E-state index in [1.807, 2.05) is 0 Å². The first-order valence-electron chi connectivity index (χ1n) is 7.87. The van der Waals surface area contributed by atoms with Crippen LogP contribution >= 0.6 is 24.0 Å². The van der Waals surface area contributed by atoms with Gasteiger partial charge in [0.2, 0.25) is 0 Å². The summed E-state index contributed by atoms with van der Waals surface area (Å²) in [5, 5.41) is 8.12. The highest BCUT2D eigenvalue weighted by Crippen LogP contribution is 2.28. The number of H-pyrrole nitrogens is 1. The van der Waals surface area contributed by atoms with Crippen molar-refractivity contribution in [1.82, 2.24) is 15.6 Å². The molecule has 2 aromatic rings. The minimum atomic E-state index is 0. The molecule has 1 saturated carbocycles. The first-order valence-corrected chi connectivity index (χ1v) is 7.87. The molecule has 1 aromatic carbocycles. The molecule has 120 valence electrons. The Morgan fingerprint density at radius 2 is 2.14 bits per heavy atom. The van der Waals surface area contributed by atoms with Crippen LogP contribution in [0.1, 0.15) is 25.8 Å². The van der Waals surface area contributed by atoms with E-state index in [9.17, 15) is 0 Å². The van der Waals surface area contributed by atoms with E-state index in [1.165, 1.54) is 22.9 Å². The third-order valence-corrected chi connectivity index (χ3v) is 4.10. The fourth-order valence-electron chi connectivity index (χ4n) is 2.65. The quantitative estimate of drug-likeness (QED) is 0.401. The topological polar surface area (TPSA) is 52.2 Å². The van der Waals surface area contributed by atoms with E-state index >= 15 is 0 Å². The van der Waals surface area contributed by atoms with Crippen molar-refractivity contribution in [1.29, 1.82) is 0 Å². The number of halogens is 1. The molecule has 22 heavy (non-hydrogen) atoms. The number of rotatable bonds is 5. The number of guanidine groups is 1. The van der Waals surface area contributed by atoms with Gasteiger partial charge in [-0.1, -0.05) is 25.1 Å². The molecule has 0 bridgehead atoms. The van der Waals surface area contributed by atoms with Gasteiger partial charge in [0, 0.05) is 36.2 Å². The van der Waals surface area contributed by atoms with Crippen LogP contribution in [0.15, 0.2) is 35.5 Å². The molecule has 2 unspecified atom stereocenters. The second kappa shape index (κ2) is 7.85. The lowest BCUT2D eigenvalue weighted by atomic mass is 10.1. The van der Waals surface area contributed by atoms with E-state index in [1.54, 1.807) is 0 Å². The van der Waals surface area contributed by atoms with Gasteiger partial charge >= 0.3 is 0 Å². The van der Waals surface area contributed by atoms with Crippen LogP contribution in [0.4, 0.5) is 0 Å². The van der Waals surface area contributed by atoms with Gasteiger partial charge in [0.15, 0.2) is 5.96 Å². The third-order valence-electron chi connectivity index (χ3n) is 4.10.